The van der Waals surface area contributed by atoms with E-state index in [4.69, 9.17) is 0 Å². The molecular weight excluding hydrogens is 332 g/mol. The molecule has 1 amide bonds. The van der Waals surface area contributed by atoms with Gasteiger partial charge in [0.15, 0.2) is 6.54 Å². The number of rotatable bonds is 6. The molecule has 0 spiro atoms. The second kappa shape index (κ2) is 7.63. The molecule has 3 aromatic rings. The molecule has 0 saturated carbocycles. The second-order valence-corrected chi connectivity index (χ2v) is 7.04. The predicted molar refractivity (Wildman–Crippen MR) is 101 cm³/mol. The van der Waals surface area contributed by atoms with Crippen LogP contribution in [0.3, 0.4) is 0 Å². The summed E-state index contributed by atoms with van der Waals surface area (Å²) in [6, 6.07) is 14.6. The van der Waals surface area contributed by atoms with Gasteiger partial charge in [-0.05, 0) is 25.3 Å². The van der Waals surface area contributed by atoms with Crippen LogP contribution < -0.4 is 10.6 Å². The van der Waals surface area contributed by atoms with E-state index in [9.17, 15) is 4.79 Å². The summed E-state index contributed by atoms with van der Waals surface area (Å²) in [7, 11) is 1.88. The maximum atomic E-state index is 12.5. The van der Waals surface area contributed by atoms with E-state index in [0.717, 1.165) is 17.1 Å². The monoisotopic (exact) mass is 355 g/mol. The minimum absolute atomic E-state index is 0.0170. The van der Waals surface area contributed by atoms with Gasteiger partial charge in [-0.15, -0.1) is 11.3 Å². The van der Waals surface area contributed by atoms with Crippen LogP contribution in [0.25, 0.3) is 0 Å². The quantitative estimate of drug-likeness (QED) is 0.713. The Bertz CT molecular complexity index is 840. The van der Waals surface area contributed by atoms with Crippen molar-refractivity contribution in [3.05, 3.63) is 69.7 Å². The molecule has 2 aromatic heterocycles. The van der Waals surface area contributed by atoms with Crippen molar-refractivity contribution in [3.63, 3.8) is 0 Å². The fraction of sp³-hybridized carbons (Fsp3) is 0.263. The number of nitrogens with two attached hydrogens (primary N) is 1. The maximum Gasteiger partial charge on any atom is 0.279 e. The van der Waals surface area contributed by atoms with Crippen molar-refractivity contribution < 1.29 is 10.1 Å². The number of quaternary nitrogens is 1. The van der Waals surface area contributed by atoms with E-state index in [1.54, 1.807) is 16.0 Å². The van der Waals surface area contributed by atoms with Gasteiger partial charge in [-0.25, -0.2) is 0 Å². The van der Waals surface area contributed by atoms with Crippen LogP contribution >= 0.6 is 11.3 Å². The Morgan fingerprint density at radius 2 is 2.00 bits per heavy atom. The van der Waals surface area contributed by atoms with Crippen molar-refractivity contribution in [2.24, 2.45) is 7.05 Å². The standard InChI is InChI=1S/C19H22N4OS/c1-13-18(14(2)23(3)22-13)21-17(24)12-20-19(16-10-7-11-25-16)15-8-5-4-6-9-15/h4-11,19-20H,12H2,1-3H3,(H,21,24)/p+1/t19-/m0/s1. The molecule has 6 heteroatoms. The summed E-state index contributed by atoms with van der Waals surface area (Å²) in [5.74, 6) is -0.0170. The van der Waals surface area contributed by atoms with Gasteiger partial charge in [-0.2, -0.15) is 5.10 Å². The van der Waals surface area contributed by atoms with Crippen LogP contribution in [0.4, 0.5) is 5.69 Å². The van der Waals surface area contributed by atoms with E-state index in [0.29, 0.717) is 6.54 Å². The molecule has 0 aliphatic rings. The summed E-state index contributed by atoms with van der Waals surface area (Å²) in [5.41, 5.74) is 3.81. The molecule has 0 unspecified atom stereocenters. The summed E-state index contributed by atoms with van der Waals surface area (Å²) >= 11 is 1.71. The first kappa shape index (κ1) is 17.4. The number of hydrogen-bond acceptors (Lipinski definition) is 3. The van der Waals surface area contributed by atoms with Crippen LogP contribution in [0.5, 0.6) is 0 Å². The lowest BCUT2D eigenvalue weighted by Gasteiger charge is -2.14. The van der Waals surface area contributed by atoms with Gasteiger partial charge in [0.2, 0.25) is 0 Å². The first-order chi connectivity index (χ1) is 12.1. The lowest BCUT2D eigenvalue weighted by molar-refractivity contribution is -0.675. The Morgan fingerprint density at radius 3 is 2.60 bits per heavy atom. The van der Waals surface area contributed by atoms with Crippen LogP contribution in [-0.2, 0) is 11.8 Å². The highest BCUT2D eigenvalue weighted by molar-refractivity contribution is 7.10. The van der Waals surface area contributed by atoms with Crippen LogP contribution in [0, 0.1) is 13.8 Å². The normalized spacial score (nSPS) is 12.1. The Balaban J connectivity index is 1.70. The lowest BCUT2D eigenvalue weighted by Crippen LogP contribution is -2.87. The zero-order valence-corrected chi connectivity index (χ0v) is 15.5. The fourth-order valence-electron chi connectivity index (χ4n) is 2.91. The molecule has 3 rings (SSSR count). The average Bonchev–Trinajstić information content (AvgIpc) is 3.21. The number of nitrogens with zero attached hydrogens (tertiary/aromatic N) is 2. The molecule has 25 heavy (non-hydrogen) atoms. The Hall–Kier alpha value is -2.44. The number of thiophene rings is 1. The molecule has 1 aromatic carbocycles. The Kier molecular flexibility index (Phi) is 5.31. The first-order valence-corrected chi connectivity index (χ1v) is 9.16. The highest BCUT2D eigenvalue weighted by Crippen LogP contribution is 2.22. The Morgan fingerprint density at radius 1 is 1.24 bits per heavy atom. The van der Waals surface area contributed by atoms with Crippen LogP contribution in [0.2, 0.25) is 0 Å². The highest BCUT2D eigenvalue weighted by Gasteiger charge is 2.20. The molecule has 5 nitrogen and oxygen atoms in total. The highest BCUT2D eigenvalue weighted by atomic mass is 32.1. The summed E-state index contributed by atoms with van der Waals surface area (Å²) in [5, 5.41) is 11.5. The number of anilines is 1. The van der Waals surface area contributed by atoms with E-state index in [-0.39, 0.29) is 11.9 Å². The lowest BCUT2D eigenvalue weighted by atomic mass is 10.1. The van der Waals surface area contributed by atoms with Gasteiger partial charge < -0.3 is 10.6 Å². The van der Waals surface area contributed by atoms with Crippen LogP contribution in [-0.4, -0.2) is 22.2 Å². The summed E-state index contributed by atoms with van der Waals surface area (Å²) < 4.78 is 1.78. The first-order valence-electron chi connectivity index (χ1n) is 8.28. The molecule has 0 aliphatic heterocycles. The number of carbonyl (C=O) groups excluding carboxylic acids is 1. The van der Waals surface area contributed by atoms with Crippen molar-refractivity contribution in [3.8, 4) is 0 Å². The number of aromatic nitrogens is 2. The maximum absolute atomic E-state index is 12.5. The molecular formula is C19H23N4OS+. The molecule has 0 fully saturated rings. The molecule has 130 valence electrons. The smallest absolute Gasteiger partial charge is 0.279 e. The number of benzene rings is 1. The van der Waals surface area contributed by atoms with E-state index in [1.165, 1.54) is 10.4 Å². The van der Waals surface area contributed by atoms with Crippen LogP contribution in [0.1, 0.15) is 27.9 Å². The van der Waals surface area contributed by atoms with Crippen molar-refractivity contribution >= 4 is 22.9 Å². The van der Waals surface area contributed by atoms with Crippen molar-refractivity contribution in [2.45, 2.75) is 19.9 Å². The fourth-order valence-corrected chi connectivity index (χ4v) is 3.77. The largest absolute Gasteiger partial charge is 0.328 e. The van der Waals surface area contributed by atoms with Gasteiger partial charge in [0.25, 0.3) is 5.91 Å². The summed E-state index contributed by atoms with van der Waals surface area (Å²) in [6.07, 6.45) is 0. The van der Waals surface area contributed by atoms with Crippen molar-refractivity contribution in [1.82, 2.24) is 9.78 Å². The minimum atomic E-state index is -0.0170. The van der Waals surface area contributed by atoms with E-state index in [2.05, 4.69) is 39.3 Å². The van der Waals surface area contributed by atoms with E-state index in [1.807, 2.05) is 45.2 Å². The van der Waals surface area contributed by atoms with Gasteiger partial charge in [0, 0.05) is 12.6 Å². The number of amides is 1. The van der Waals surface area contributed by atoms with Crippen molar-refractivity contribution in [2.75, 3.05) is 11.9 Å². The molecule has 2 heterocycles. The summed E-state index contributed by atoms with van der Waals surface area (Å²) in [4.78, 5) is 13.7. The van der Waals surface area contributed by atoms with Crippen LogP contribution in [0.15, 0.2) is 47.8 Å². The Labute approximate surface area is 151 Å². The molecule has 3 N–H and O–H groups in total. The SMILES string of the molecule is Cc1nn(C)c(C)c1NC(=O)C[NH2+][C@@H](c1ccccc1)c1cccs1. The average molecular weight is 355 g/mol. The van der Waals surface area contributed by atoms with E-state index < -0.39 is 0 Å². The number of carbonyl (C=O) groups is 1. The molecule has 0 aliphatic carbocycles. The predicted octanol–water partition coefficient (Wildman–Crippen LogP) is 2.39. The van der Waals surface area contributed by atoms with Gasteiger partial charge in [0.1, 0.15) is 6.04 Å². The number of hydrogen-bond donors (Lipinski definition) is 2. The van der Waals surface area contributed by atoms with Gasteiger partial charge in [0.05, 0.1) is 22.0 Å². The third-order valence-corrected chi connectivity index (χ3v) is 5.28. The minimum Gasteiger partial charge on any atom is -0.328 e. The van der Waals surface area contributed by atoms with E-state index >= 15 is 0 Å². The zero-order valence-electron chi connectivity index (χ0n) is 14.7. The molecule has 1 atom stereocenters. The van der Waals surface area contributed by atoms with Crippen molar-refractivity contribution in [1.29, 1.82) is 0 Å². The van der Waals surface area contributed by atoms with Gasteiger partial charge >= 0.3 is 0 Å². The summed E-state index contributed by atoms with van der Waals surface area (Å²) in [6.45, 7) is 4.22. The van der Waals surface area contributed by atoms with Gasteiger partial charge in [-0.3, -0.25) is 9.48 Å². The molecule has 0 saturated heterocycles. The van der Waals surface area contributed by atoms with Gasteiger partial charge in [-0.1, -0.05) is 36.4 Å². The zero-order chi connectivity index (χ0) is 17.8. The number of nitrogens with one attached hydrogen (secondary N) is 1. The second-order valence-electron chi connectivity index (χ2n) is 6.06. The number of aryl methyl sites for hydroxylation is 2. The molecule has 0 bridgehead atoms. The topological polar surface area (TPSA) is 63.5 Å². The third-order valence-electron chi connectivity index (χ3n) is 4.32. The molecule has 0 radical (unpaired) electrons. The third kappa shape index (κ3) is 3.97.